The van der Waals surface area contributed by atoms with Crippen molar-refractivity contribution in [2.45, 2.75) is 18.8 Å². The Kier molecular flexibility index (Phi) is 4.47. The summed E-state index contributed by atoms with van der Waals surface area (Å²) in [5, 5.41) is 0. The van der Waals surface area contributed by atoms with Gasteiger partial charge in [0.25, 0.3) is 0 Å². The van der Waals surface area contributed by atoms with Gasteiger partial charge in [-0.2, -0.15) is 13.2 Å². The number of hydrogen-bond donors (Lipinski definition) is 1. The molecule has 0 fully saturated rings. The molecule has 0 aliphatic rings. The van der Waals surface area contributed by atoms with Gasteiger partial charge in [0.15, 0.2) is 0 Å². The first kappa shape index (κ1) is 15.3. The number of benzene rings is 2. The van der Waals surface area contributed by atoms with Crippen LogP contribution >= 0.6 is 0 Å². The van der Waals surface area contributed by atoms with E-state index in [1.165, 1.54) is 36.4 Å². The maximum Gasteiger partial charge on any atom is 0.407 e. The van der Waals surface area contributed by atoms with Gasteiger partial charge in [-0.05, 0) is 35.4 Å². The largest absolute Gasteiger partial charge is 0.489 e. The molecule has 2 aromatic carbocycles. The Balaban J connectivity index is 1.98. The molecule has 112 valence electrons. The van der Waals surface area contributed by atoms with Crippen molar-refractivity contribution < 1.29 is 22.3 Å². The molecule has 0 bridgehead atoms. The summed E-state index contributed by atoms with van der Waals surface area (Å²) in [5.41, 5.74) is 5.83. The zero-order valence-corrected chi connectivity index (χ0v) is 10.9. The van der Waals surface area contributed by atoms with E-state index < -0.39 is 12.2 Å². The van der Waals surface area contributed by atoms with Crippen LogP contribution in [0.25, 0.3) is 0 Å². The molecule has 2 rings (SSSR count). The van der Waals surface area contributed by atoms with Crippen molar-refractivity contribution >= 4 is 0 Å². The van der Waals surface area contributed by atoms with Crippen LogP contribution in [0.1, 0.15) is 17.2 Å². The van der Waals surface area contributed by atoms with Gasteiger partial charge in [-0.15, -0.1) is 0 Å². The number of halogens is 4. The average Bonchev–Trinajstić information content (AvgIpc) is 2.45. The molecule has 0 radical (unpaired) electrons. The predicted molar refractivity (Wildman–Crippen MR) is 70.2 cm³/mol. The van der Waals surface area contributed by atoms with Crippen LogP contribution < -0.4 is 10.5 Å². The number of ether oxygens (including phenoxy) is 1. The van der Waals surface area contributed by atoms with E-state index in [0.29, 0.717) is 5.75 Å². The lowest BCUT2D eigenvalue weighted by Gasteiger charge is -2.16. The molecule has 6 heteroatoms. The van der Waals surface area contributed by atoms with Crippen LogP contribution in [0.3, 0.4) is 0 Å². The third kappa shape index (κ3) is 4.19. The van der Waals surface area contributed by atoms with Crippen molar-refractivity contribution in [1.82, 2.24) is 0 Å². The van der Waals surface area contributed by atoms with Gasteiger partial charge in [-0.3, -0.25) is 0 Å². The fourth-order valence-electron chi connectivity index (χ4n) is 1.71. The van der Waals surface area contributed by atoms with Crippen molar-refractivity contribution in [2.24, 2.45) is 5.73 Å². The van der Waals surface area contributed by atoms with Crippen molar-refractivity contribution in [3.05, 3.63) is 65.5 Å². The molecule has 0 aliphatic heterocycles. The normalized spacial score (nSPS) is 13.0. The Bertz CT molecular complexity index is 578. The highest BCUT2D eigenvalue weighted by Crippen LogP contribution is 2.31. The standard InChI is InChI=1S/C15H13F4NO/c16-12-5-1-10(2-6-12)9-21-13-7-3-11(4-8-13)14(20)15(17,18)19/h1-8,14H,9,20H2/t14-/m0/s1. The van der Waals surface area contributed by atoms with E-state index in [1.807, 2.05) is 0 Å². The number of nitrogens with two attached hydrogens (primary N) is 1. The van der Waals surface area contributed by atoms with Gasteiger partial charge in [0.1, 0.15) is 24.2 Å². The maximum absolute atomic E-state index is 12.7. The van der Waals surface area contributed by atoms with Crippen LogP contribution in [0.4, 0.5) is 17.6 Å². The lowest BCUT2D eigenvalue weighted by Crippen LogP contribution is -2.28. The van der Waals surface area contributed by atoms with Gasteiger partial charge in [0.05, 0.1) is 0 Å². The average molecular weight is 299 g/mol. The maximum atomic E-state index is 12.7. The summed E-state index contributed by atoms with van der Waals surface area (Å²) < 4.78 is 55.5. The van der Waals surface area contributed by atoms with Gasteiger partial charge in [-0.25, -0.2) is 4.39 Å². The fourth-order valence-corrected chi connectivity index (χ4v) is 1.71. The smallest absolute Gasteiger partial charge is 0.407 e. The second-order valence-electron chi connectivity index (χ2n) is 4.50. The minimum Gasteiger partial charge on any atom is -0.489 e. The van der Waals surface area contributed by atoms with Crippen LogP contribution in [-0.4, -0.2) is 6.18 Å². The first-order valence-electron chi connectivity index (χ1n) is 6.16. The molecule has 1 atom stereocenters. The predicted octanol–water partition coefficient (Wildman–Crippen LogP) is 3.97. The number of hydrogen-bond acceptors (Lipinski definition) is 2. The summed E-state index contributed by atoms with van der Waals surface area (Å²) in [6.07, 6.45) is -4.48. The highest BCUT2D eigenvalue weighted by atomic mass is 19.4. The Morgan fingerprint density at radius 2 is 1.52 bits per heavy atom. The summed E-state index contributed by atoms with van der Waals surface area (Å²) in [6.45, 7) is 0.199. The van der Waals surface area contributed by atoms with E-state index in [-0.39, 0.29) is 18.0 Å². The van der Waals surface area contributed by atoms with Crippen molar-refractivity contribution in [1.29, 1.82) is 0 Å². The van der Waals surface area contributed by atoms with E-state index >= 15 is 0 Å². The van der Waals surface area contributed by atoms with Crippen LogP contribution in [0, 0.1) is 5.82 Å². The molecule has 0 heterocycles. The Labute approximate surface area is 119 Å². The Morgan fingerprint density at radius 1 is 0.952 bits per heavy atom. The molecule has 0 aliphatic carbocycles. The van der Waals surface area contributed by atoms with Crippen LogP contribution in [-0.2, 0) is 6.61 Å². The van der Waals surface area contributed by atoms with Gasteiger partial charge in [-0.1, -0.05) is 24.3 Å². The molecular weight excluding hydrogens is 286 g/mol. The summed E-state index contributed by atoms with van der Waals surface area (Å²) in [7, 11) is 0. The molecule has 0 unspecified atom stereocenters. The van der Waals surface area contributed by atoms with E-state index in [1.54, 1.807) is 12.1 Å². The van der Waals surface area contributed by atoms with Gasteiger partial charge in [0.2, 0.25) is 0 Å². The minimum atomic E-state index is -4.48. The number of rotatable bonds is 4. The van der Waals surface area contributed by atoms with E-state index in [2.05, 4.69) is 0 Å². The molecule has 0 aromatic heterocycles. The Hall–Kier alpha value is -2.08. The second-order valence-corrected chi connectivity index (χ2v) is 4.50. The molecule has 2 aromatic rings. The third-order valence-corrected chi connectivity index (χ3v) is 2.91. The molecule has 0 saturated carbocycles. The summed E-state index contributed by atoms with van der Waals surface area (Å²) in [4.78, 5) is 0. The summed E-state index contributed by atoms with van der Waals surface area (Å²) >= 11 is 0. The molecule has 21 heavy (non-hydrogen) atoms. The lowest BCUT2D eigenvalue weighted by atomic mass is 10.1. The highest BCUT2D eigenvalue weighted by Gasteiger charge is 2.37. The molecule has 2 N–H and O–H groups in total. The zero-order valence-electron chi connectivity index (χ0n) is 10.9. The van der Waals surface area contributed by atoms with E-state index in [9.17, 15) is 17.6 Å². The van der Waals surface area contributed by atoms with E-state index in [0.717, 1.165) is 5.56 Å². The fraction of sp³-hybridized carbons (Fsp3) is 0.200. The van der Waals surface area contributed by atoms with Gasteiger partial charge < -0.3 is 10.5 Å². The Morgan fingerprint density at radius 3 is 2.05 bits per heavy atom. The lowest BCUT2D eigenvalue weighted by molar-refractivity contribution is -0.149. The zero-order chi connectivity index (χ0) is 15.5. The molecule has 0 amide bonds. The third-order valence-electron chi connectivity index (χ3n) is 2.91. The molecule has 0 spiro atoms. The van der Waals surface area contributed by atoms with E-state index in [4.69, 9.17) is 10.5 Å². The topological polar surface area (TPSA) is 35.2 Å². The highest BCUT2D eigenvalue weighted by molar-refractivity contribution is 5.30. The summed E-state index contributed by atoms with van der Waals surface area (Å²) in [5.74, 6) is 0.0710. The minimum absolute atomic E-state index is 0.0309. The monoisotopic (exact) mass is 299 g/mol. The molecular formula is C15H13F4NO. The number of alkyl halides is 3. The van der Waals surface area contributed by atoms with Crippen molar-refractivity contribution in [2.75, 3.05) is 0 Å². The van der Waals surface area contributed by atoms with Crippen LogP contribution in [0.5, 0.6) is 5.75 Å². The summed E-state index contributed by atoms with van der Waals surface area (Å²) in [6, 6.07) is 9.15. The van der Waals surface area contributed by atoms with Gasteiger partial charge >= 0.3 is 6.18 Å². The second kappa shape index (κ2) is 6.13. The first-order chi connectivity index (χ1) is 9.86. The first-order valence-corrected chi connectivity index (χ1v) is 6.16. The molecule has 2 nitrogen and oxygen atoms in total. The quantitative estimate of drug-likeness (QED) is 0.867. The SMILES string of the molecule is N[C@@H](c1ccc(OCc2ccc(F)cc2)cc1)C(F)(F)F. The van der Waals surface area contributed by atoms with Crippen molar-refractivity contribution in [3.63, 3.8) is 0 Å². The molecule has 0 saturated heterocycles. The van der Waals surface area contributed by atoms with Crippen LogP contribution in [0.2, 0.25) is 0 Å². The van der Waals surface area contributed by atoms with Crippen molar-refractivity contribution in [3.8, 4) is 5.75 Å². The van der Waals surface area contributed by atoms with Gasteiger partial charge in [0, 0.05) is 0 Å². The van der Waals surface area contributed by atoms with Crippen LogP contribution in [0.15, 0.2) is 48.5 Å².